The Bertz CT molecular complexity index is 682. The predicted molar refractivity (Wildman–Crippen MR) is 79.2 cm³/mol. The van der Waals surface area contributed by atoms with E-state index in [0.717, 1.165) is 12.1 Å². The van der Waals surface area contributed by atoms with Gasteiger partial charge < -0.3 is 11.1 Å². The third kappa shape index (κ3) is 3.67. The molecule has 0 heterocycles. The van der Waals surface area contributed by atoms with Crippen LogP contribution in [0.3, 0.4) is 0 Å². The summed E-state index contributed by atoms with van der Waals surface area (Å²) in [6.07, 6.45) is -4.40. The molecule has 5 nitrogen and oxygen atoms in total. The molecule has 2 aromatic rings. The van der Waals surface area contributed by atoms with Gasteiger partial charge in [-0.25, -0.2) is 11.4 Å². The lowest BCUT2D eigenvalue weighted by Crippen LogP contribution is -2.23. The molecule has 0 amide bonds. The smallest absolute Gasteiger partial charge is 0.382 e. The fourth-order valence-electron chi connectivity index (χ4n) is 1.87. The maximum atomic E-state index is 12.7. The highest BCUT2D eigenvalue weighted by atomic mass is 19.4. The summed E-state index contributed by atoms with van der Waals surface area (Å²) in [5.74, 6) is 5.18. The number of benzene rings is 2. The van der Waals surface area contributed by atoms with E-state index in [1.807, 2.05) is 0 Å². The van der Waals surface area contributed by atoms with Gasteiger partial charge in [0.25, 0.3) is 0 Å². The van der Waals surface area contributed by atoms with Crippen molar-refractivity contribution in [3.05, 3.63) is 59.7 Å². The molecule has 0 atom stereocenters. The average molecular weight is 309 g/mol. The number of amidine groups is 1. The van der Waals surface area contributed by atoms with Gasteiger partial charge in [-0.3, -0.25) is 0 Å². The van der Waals surface area contributed by atoms with Crippen LogP contribution in [0.4, 0.5) is 24.5 Å². The maximum absolute atomic E-state index is 12.7. The Balaban J connectivity index is 2.34. The summed E-state index contributed by atoms with van der Waals surface area (Å²) in [4.78, 5) is 0. The number of hydrogen-bond donors (Lipinski definition) is 4. The van der Waals surface area contributed by atoms with Gasteiger partial charge in [0.05, 0.1) is 5.56 Å². The number of nitrogens with one attached hydrogen (secondary N) is 2. The third-order valence-corrected chi connectivity index (χ3v) is 2.86. The standard InChI is InChI=1S/C14H14F3N5/c15-14(16,17)9-4-3-5-10(8-9)20-12-7-2-1-6-11(12)13(18)21-22-19/h1-8,20,22H,19H2,(H2,18,21). The predicted octanol–water partition coefficient (Wildman–Crippen LogP) is 2.53. The molecule has 0 bridgehead atoms. The van der Waals surface area contributed by atoms with E-state index in [-0.39, 0.29) is 11.5 Å². The molecule has 0 aliphatic heterocycles. The van der Waals surface area contributed by atoms with Crippen molar-refractivity contribution < 1.29 is 13.2 Å². The monoisotopic (exact) mass is 309 g/mol. The lowest BCUT2D eigenvalue weighted by atomic mass is 10.1. The molecule has 6 N–H and O–H groups in total. The van der Waals surface area contributed by atoms with Crippen LogP contribution in [0.15, 0.2) is 53.6 Å². The second-order valence-corrected chi connectivity index (χ2v) is 4.38. The van der Waals surface area contributed by atoms with Crippen molar-refractivity contribution in [1.82, 2.24) is 5.53 Å². The number of nitrogens with two attached hydrogens (primary N) is 2. The lowest BCUT2D eigenvalue weighted by Gasteiger charge is -2.13. The molecular formula is C14H14F3N5. The Morgan fingerprint density at radius 1 is 1.05 bits per heavy atom. The highest BCUT2D eigenvalue weighted by Crippen LogP contribution is 2.31. The Labute approximate surface area is 124 Å². The van der Waals surface area contributed by atoms with E-state index in [2.05, 4.69) is 16.0 Å². The molecule has 0 fully saturated rings. The zero-order valence-corrected chi connectivity index (χ0v) is 11.4. The van der Waals surface area contributed by atoms with Gasteiger partial charge in [-0.05, 0) is 30.3 Å². The Kier molecular flexibility index (Phi) is 4.52. The molecule has 0 saturated heterocycles. The SMILES string of the molecule is NN/N=C(\N)c1ccccc1Nc1cccc(C(F)(F)F)c1. The summed E-state index contributed by atoms with van der Waals surface area (Å²) in [5.41, 5.74) is 8.40. The summed E-state index contributed by atoms with van der Waals surface area (Å²) in [6, 6.07) is 11.7. The molecule has 0 spiro atoms. The third-order valence-electron chi connectivity index (χ3n) is 2.86. The van der Waals surface area contributed by atoms with Crippen LogP contribution in [0.1, 0.15) is 11.1 Å². The molecule has 8 heteroatoms. The van der Waals surface area contributed by atoms with E-state index in [1.165, 1.54) is 12.1 Å². The van der Waals surface area contributed by atoms with E-state index < -0.39 is 11.7 Å². The fraction of sp³-hybridized carbons (Fsp3) is 0.0714. The van der Waals surface area contributed by atoms with Crippen molar-refractivity contribution in [2.24, 2.45) is 16.7 Å². The van der Waals surface area contributed by atoms with Crippen LogP contribution in [0.2, 0.25) is 0 Å². The van der Waals surface area contributed by atoms with Crippen molar-refractivity contribution in [2.45, 2.75) is 6.18 Å². The number of para-hydroxylation sites is 1. The van der Waals surface area contributed by atoms with E-state index >= 15 is 0 Å². The molecule has 0 aliphatic rings. The molecule has 0 radical (unpaired) electrons. The molecule has 116 valence electrons. The van der Waals surface area contributed by atoms with Crippen molar-refractivity contribution in [3.63, 3.8) is 0 Å². The topological polar surface area (TPSA) is 88.5 Å². The quantitative estimate of drug-likeness (QED) is 0.302. The van der Waals surface area contributed by atoms with Gasteiger partial charge in [0.15, 0.2) is 5.84 Å². The number of rotatable bonds is 4. The Morgan fingerprint density at radius 3 is 2.45 bits per heavy atom. The number of hydrogen-bond acceptors (Lipinski definition) is 4. The molecule has 2 aromatic carbocycles. The molecule has 0 saturated carbocycles. The first kappa shape index (κ1) is 15.6. The van der Waals surface area contributed by atoms with Gasteiger partial charge in [-0.15, -0.1) is 5.10 Å². The molecule has 0 aromatic heterocycles. The van der Waals surface area contributed by atoms with Gasteiger partial charge in [0.2, 0.25) is 0 Å². The molecule has 2 rings (SSSR count). The second kappa shape index (κ2) is 6.35. The number of hydrazine groups is 1. The summed E-state index contributed by atoms with van der Waals surface area (Å²) < 4.78 is 38.2. The maximum Gasteiger partial charge on any atom is 0.416 e. The molecule has 22 heavy (non-hydrogen) atoms. The first-order valence-corrected chi connectivity index (χ1v) is 6.24. The minimum absolute atomic E-state index is 0.109. The van der Waals surface area contributed by atoms with E-state index in [1.54, 1.807) is 24.3 Å². The van der Waals surface area contributed by atoms with Gasteiger partial charge >= 0.3 is 6.18 Å². The zero-order chi connectivity index (χ0) is 16.2. The van der Waals surface area contributed by atoms with Gasteiger partial charge in [-0.2, -0.15) is 13.2 Å². The van der Waals surface area contributed by atoms with Crippen molar-refractivity contribution in [2.75, 3.05) is 5.32 Å². The first-order valence-electron chi connectivity index (χ1n) is 6.24. The fourth-order valence-corrected chi connectivity index (χ4v) is 1.87. The summed E-state index contributed by atoms with van der Waals surface area (Å²) >= 11 is 0. The molecule has 0 unspecified atom stereocenters. The Morgan fingerprint density at radius 2 is 1.77 bits per heavy atom. The van der Waals surface area contributed by atoms with Crippen molar-refractivity contribution in [1.29, 1.82) is 0 Å². The van der Waals surface area contributed by atoms with E-state index in [4.69, 9.17) is 11.6 Å². The van der Waals surface area contributed by atoms with E-state index in [0.29, 0.717) is 11.3 Å². The number of alkyl halides is 3. The largest absolute Gasteiger partial charge is 0.416 e. The van der Waals surface area contributed by atoms with E-state index in [9.17, 15) is 13.2 Å². The van der Waals surface area contributed by atoms with Crippen LogP contribution in [0.5, 0.6) is 0 Å². The molecular weight excluding hydrogens is 295 g/mol. The van der Waals surface area contributed by atoms with Crippen molar-refractivity contribution >= 4 is 17.2 Å². The number of hydrazone groups is 1. The Hall–Kier alpha value is -2.74. The van der Waals surface area contributed by atoms with Gasteiger partial charge in [-0.1, -0.05) is 18.2 Å². The minimum atomic E-state index is -4.40. The molecule has 0 aliphatic carbocycles. The van der Waals surface area contributed by atoms with Crippen LogP contribution in [0, 0.1) is 0 Å². The van der Waals surface area contributed by atoms with Crippen LogP contribution >= 0.6 is 0 Å². The summed E-state index contributed by atoms with van der Waals surface area (Å²) in [6.45, 7) is 0. The summed E-state index contributed by atoms with van der Waals surface area (Å²) in [7, 11) is 0. The lowest BCUT2D eigenvalue weighted by molar-refractivity contribution is -0.137. The second-order valence-electron chi connectivity index (χ2n) is 4.38. The van der Waals surface area contributed by atoms with Crippen molar-refractivity contribution in [3.8, 4) is 0 Å². The first-order chi connectivity index (χ1) is 10.4. The van der Waals surface area contributed by atoms with Crippen LogP contribution in [-0.4, -0.2) is 5.84 Å². The van der Waals surface area contributed by atoms with Gasteiger partial charge in [0, 0.05) is 16.9 Å². The number of anilines is 2. The summed E-state index contributed by atoms with van der Waals surface area (Å²) in [5, 5.41) is 6.55. The average Bonchev–Trinajstić information content (AvgIpc) is 2.47. The highest BCUT2D eigenvalue weighted by Gasteiger charge is 2.30. The van der Waals surface area contributed by atoms with Gasteiger partial charge in [0.1, 0.15) is 0 Å². The minimum Gasteiger partial charge on any atom is -0.382 e. The highest BCUT2D eigenvalue weighted by molar-refractivity contribution is 6.02. The normalized spacial score (nSPS) is 12.1. The van der Waals surface area contributed by atoms with Crippen LogP contribution < -0.4 is 22.4 Å². The van der Waals surface area contributed by atoms with Crippen LogP contribution in [0.25, 0.3) is 0 Å². The van der Waals surface area contributed by atoms with Crippen LogP contribution in [-0.2, 0) is 6.18 Å². The number of halogens is 3. The number of nitrogens with zero attached hydrogens (tertiary/aromatic N) is 1. The zero-order valence-electron chi connectivity index (χ0n) is 11.4.